The van der Waals surface area contributed by atoms with Crippen LogP contribution in [0.5, 0.6) is 5.75 Å². The first-order valence-electron chi connectivity index (χ1n) is 7.47. The first kappa shape index (κ1) is 15.1. The standard InChI is InChI=1S/C18H17NO4/c20-17(15-8-9-23-16-7-2-1-6-14(15)16)19-11-12-4-3-5-13(10-12)18(21)22/h1-7,10,15H,8-9,11H2,(H,19,20)(H,21,22). The summed E-state index contributed by atoms with van der Waals surface area (Å²) in [7, 11) is 0. The normalized spacial score (nSPS) is 16.1. The second-order valence-corrected chi connectivity index (χ2v) is 5.45. The Morgan fingerprint density at radius 2 is 2.00 bits per heavy atom. The number of benzene rings is 2. The van der Waals surface area contributed by atoms with E-state index in [9.17, 15) is 9.59 Å². The van der Waals surface area contributed by atoms with Crippen molar-refractivity contribution in [1.29, 1.82) is 0 Å². The molecule has 0 saturated heterocycles. The van der Waals surface area contributed by atoms with E-state index in [1.165, 1.54) is 6.07 Å². The van der Waals surface area contributed by atoms with Gasteiger partial charge in [-0.2, -0.15) is 0 Å². The highest BCUT2D eigenvalue weighted by Gasteiger charge is 2.27. The van der Waals surface area contributed by atoms with Gasteiger partial charge >= 0.3 is 5.97 Å². The topological polar surface area (TPSA) is 75.6 Å². The van der Waals surface area contributed by atoms with Gasteiger partial charge in [0.15, 0.2) is 0 Å². The van der Waals surface area contributed by atoms with Crippen LogP contribution in [0.1, 0.15) is 33.8 Å². The highest BCUT2D eigenvalue weighted by molar-refractivity contribution is 5.88. The van der Waals surface area contributed by atoms with Crippen LogP contribution in [0, 0.1) is 0 Å². The number of carbonyl (C=O) groups excluding carboxylic acids is 1. The molecule has 2 N–H and O–H groups in total. The van der Waals surface area contributed by atoms with Crippen molar-refractivity contribution >= 4 is 11.9 Å². The number of carboxylic acids is 1. The summed E-state index contributed by atoms with van der Waals surface area (Å²) in [4.78, 5) is 23.4. The molecule has 118 valence electrons. The van der Waals surface area contributed by atoms with Gasteiger partial charge in [0.05, 0.1) is 18.1 Å². The largest absolute Gasteiger partial charge is 0.493 e. The third-order valence-electron chi connectivity index (χ3n) is 3.92. The smallest absolute Gasteiger partial charge is 0.335 e. The fourth-order valence-electron chi connectivity index (χ4n) is 2.74. The number of carboxylic acid groups (broad SMARTS) is 1. The number of para-hydroxylation sites is 1. The van der Waals surface area contributed by atoms with Crippen LogP contribution < -0.4 is 10.1 Å². The second-order valence-electron chi connectivity index (χ2n) is 5.45. The number of ether oxygens (including phenoxy) is 1. The zero-order valence-corrected chi connectivity index (χ0v) is 12.5. The molecule has 0 aromatic heterocycles. The number of nitrogens with one attached hydrogen (secondary N) is 1. The van der Waals surface area contributed by atoms with Gasteiger partial charge in [0, 0.05) is 12.1 Å². The summed E-state index contributed by atoms with van der Waals surface area (Å²) < 4.78 is 5.56. The number of fused-ring (bicyclic) bond motifs is 1. The van der Waals surface area contributed by atoms with E-state index in [-0.39, 0.29) is 17.4 Å². The number of rotatable bonds is 4. The summed E-state index contributed by atoms with van der Waals surface area (Å²) >= 11 is 0. The quantitative estimate of drug-likeness (QED) is 0.910. The Morgan fingerprint density at radius 1 is 1.17 bits per heavy atom. The van der Waals surface area contributed by atoms with Gasteiger partial charge in [-0.25, -0.2) is 4.79 Å². The van der Waals surface area contributed by atoms with Gasteiger partial charge in [-0.05, 0) is 30.2 Å². The minimum absolute atomic E-state index is 0.0681. The average Bonchev–Trinajstić information content (AvgIpc) is 2.59. The van der Waals surface area contributed by atoms with E-state index in [0.29, 0.717) is 19.6 Å². The van der Waals surface area contributed by atoms with Crippen LogP contribution in [-0.2, 0) is 11.3 Å². The van der Waals surface area contributed by atoms with Gasteiger partial charge in [0.2, 0.25) is 5.91 Å². The number of carbonyl (C=O) groups is 2. The summed E-state index contributed by atoms with van der Waals surface area (Å²) in [5.74, 6) is -0.521. The highest BCUT2D eigenvalue weighted by atomic mass is 16.5. The zero-order valence-electron chi connectivity index (χ0n) is 12.5. The molecule has 2 aromatic rings. The molecular weight excluding hydrogens is 294 g/mol. The monoisotopic (exact) mass is 311 g/mol. The minimum Gasteiger partial charge on any atom is -0.493 e. The summed E-state index contributed by atoms with van der Waals surface area (Å²) in [6.07, 6.45) is 0.637. The van der Waals surface area contributed by atoms with Crippen molar-refractivity contribution in [2.24, 2.45) is 0 Å². The minimum atomic E-state index is -0.975. The zero-order chi connectivity index (χ0) is 16.2. The van der Waals surface area contributed by atoms with Crippen LogP contribution in [0.25, 0.3) is 0 Å². The lowest BCUT2D eigenvalue weighted by Crippen LogP contribution is -2.32. The van der Waals surface area contributed by atoms with Crippen LogP contribution in [0.2, 0.25) is 0 Å². The molecule has 1 atom stereocenters. The molecule has 1 unspecified atom stereocenters. The van der Waals surface area contributed by atoms with E-state index in [0.717, 1.165) is 16.9 Å². The molecule has 23 heavy (non-hydrogen) atoms. The van der Waals surface area contributed by atoms with Gasteiger partial charge in [0.25, 0.3) is 0 Å². The third kappa shape index (κ3) is 3.34. The van der Waals surface area contributed by atoms with Crippen LogP contribution in [0.3, 0.4) is 0 Å². The van der Waals surface area contributed by atoms with Gasteiger partial charge < -0.3 is 15.2 Å². The van der Waals surface area contributed by atoms with E-state index in [2.05, 4.69) is 5.32 Å². The predicted molar refractivity (Wildman–Crippen MR) is 84.5 cm³/mol. The van der Waals surface area contributed by atoms with Crippen molar-refractivity contribution in [3.05, 3.63) is 65.2 Å². The van der Waals surface area contributed by atoms with Gasteiger partial charge in [-0.3, -0.25) is 4.79 Å². The van der Waals surface area contributed by atoms with Crippen molar-refractivity contribution in [3.63, 3.8) is 0 Å². The molecule has 2 aromatic carbocycles. The van der Waals surface area contributed by atoms with Crippen molar-refractivity contribution in [3.8, 4) is 5.75 Å². The fourth-order valence-corrected chi connectivity index (χ4v) is 2.74. The first-order valence-corrected chi connectivity index (χ1v) is 7.47. The maximum Gasteiger partial charge on any atom is 0.335 e. The van der Waals surface area contributed by atoms with E-state index in [1.54, 1.807) is 18.2 Å². The number of hydrogen-bond acceptors (Lipinski definition) is 3. The number of amides is 1. The molecule has 0 bridgehead atoms. The Balaban J connectivity index is 1.69. The maximum atomic E-state index is 12.5. The molecule has 5 heteroatoms. The van der Waals surface area contributed by atoms with Crippen LogP contribution in [-0.4, -0.2) is 23.6 Å². The van der Waals surface area contributed by atoms with E-state index in [1.807, 2.05) is 24.3 Å². The Labute approximate surface area is 133 Å². The number of aromatic carboxylic acids is 1. The van der Waals surface area contributed by atoms with Gasteiger partial charge in [-0.1, -0.05) is 30.3 Å². The molecule has 1 aliphatic heterocycles. The molecule has 0 aliphatic carbocycles. The molecule has 0 spiro atoms. The van der Waals surface area contributed by atoms with Crippen molar-refractivity contribution in [1.82, 2.24) is 5.32 Å². The molecule has 1 amide bonds. The lowest BCUT2D eigenvalue weighted by molar-refractivity contribution is -0.123. The van der Waals surface area contributed by atoms with E-state index < -0.39 is 5.97 Å². The number of hydrogen-bond donors (Lipinski definition) is 2. The molecule has 0 radical (unpaired) electrons. The Morgan fingerprint density at radius 3 is 2.83 bits per heavy atom. The van der Waals surface area contributed by atoms with Gasteiger partial charge in [0.1, 0.15) is 5.75 Å². The van der Waals surface area contributed by atoms with Gasteiger partial charge in [-0.15, -0.1) is 0 Å². The Hall–Kier alpha value is -2.82. The predicted octanol–water partition coefficient (Wildman–Crippen LogP) is 2.57. The second kappa shape index (κ2) is 6.52. The Kier molecular flexibility index (Phi) is 4.28. The molecule has 5 nitrogen and oxygen atoms in total. The average molecular weight is 311 g/mol. The van der Waals surface area contributed by atoms with Crippen LogP contribution in [0.4, 0.5) is 0 Å². The van der Waals surface area contributed by atoms with Crippen molar-refractivity contribution < 1.29 is 19.4 Å². The van der Waals surface area contributed by atoms with Crippen molar-refractivity contribution in [2.75, 3.05) is 6.61 Å². The highest BCUT2D eigenvalue weighted by Crippen LogP contribution is 2.33. The molecule has 0 fully saturated rings. The van der Waals surface area contributed by atoms with E-state index in [4.69, 9.17) is 9.84 Å². The molecule has 0 saturated carbocycles. The summed E-state index contributed by atoms with van der Waals surface area (Å²) in [6, 6.07) is 14.1. The van der Waals surface area contributed by atoms with Crippen molar-refractivity contribution in [2.45, 2.75) is 18.9 Å². The molecule has 3 rings (SSSR count). The first-order chi connectivity index (χ1) is 11.1. The Bertz CT molecular complexity index is 741. The third-order valence-corrected chi connectivity index (χ3v) is 3.92. The summed E-state index contributed by atoms with van der Waals surface area (Å²) in [5.41, 5.74) is 1.88. The SMILES string of the molecule is O=C(O)c1cccc(CNC(=O)C2CCOc3ccccc32)c1. The van der Waals surface area contributed by atoms with E-state index >= 15 is 0 Å². The molecular formula is C18H17NO4. The summed E-state index contributed by atoms with van der Waals surface area (Å²) in [5, 5.41) is 11.9. The lowest BCUT2D eigenvalue weighted by atomic mass is 9.92. The maximum absolute atomic E-state index is 12.5. The van der Waals surface area contributed by atoms with Crippen LogP contribution >= 0.6 is 0 Å². The lowest BCUT2D eigenvalue weighted by Gasteiger charge is -2.25. The summed E-state index contributed by atoms with van der Waals surface area (Å²) in [6.45, 7) is 0.822. The fraction of sp³-hybridized carbons (Fsp3) is 0.222. The molecule has 1 aliphatic rings. The van der Waals surface area contributed by atoms with Crippen LogP contribution in [0.15, 0.2) is 48.5 Å². The molecule has 1 heterocycles.